The van der Waals surface area contributed by atoms with E-state index in [0.717, 1.165) is 6.54 Å². The number of hydrogen-bond donors (Lipinski definition) is 1. The molecule has 1 amide bonds. The quantitative estimate of drug-likeness (QED) is 0.807. The number of hydrogen-bond acceptors (Lipinski definition) is 2. The van der Waals surface area contributed by atoms with Crippen molar-refractivity contribution in [1.82, 2.24) is 10.2 Å². The second-order valence-corrected chi connectivity index (χ2v) is 3.92. The summed E-state index contributed by atoms with van der Waals surface area (Å²) in [5, 5.41) is 2.82. The molecule has 0 aromatic heterocycles. The molecule has 1 aromatic carbocycles. The Morgan fingerprint density at radius 2 is 1.87 bits per heavy atom. The predicted molar refractivity (Wildman–Crippen MR) is 61.4 cm³/mol. The molecule has 0 heterocycles. The Kier molecular flexibility index (Phi) is 4.31. The van der Waals surface area contributed by atoms with E-state index >= 15 is 0 Å². The van der Waals surface area contributed by atoms with Gasteiger partial charge in [0.05, 0.1) is 0 Å². The first kappa shape index (κ1) is 11.7. The van der Waals surface area contributed by atoms with Crippen molar-refractivity contribution < 1.29 is 4.79 Å². The van der Waals surface area contributed by atoms with Crippen molar-refractivity contribution in [1.29, 1.82) is 0 Å². The van der Waals surface area contributed by atoms with E-state index in [-0.39, 0.29) is 5.91 Å². The zero-order valence-electron chi connectivity index (χ0n) is 9.58. The molecule has 1 aromatic rings. The summed E-state index contributed by atoms with van der Waals surface area (Å²) in [5.74, 6) is 0.00894. The van der Waals surface area contributed by atoms with E-state index < -0.39 is 0 Å². The van der Waals surface area contributed by atoms with E-state index in [4.69, 9.17) is 0 Å². The van der Waals surface area contributed by atoms with Gasteiger partial charge in [0.15, 0.2) is 0 Å². The largest absolute Gasteiger partial charge is 0.352 e. The third-order valence-electron chi connectivity index (χ3n) is 2.13. The van der Waals surface area contributed by atoms with Gasteiger partial charge in [-0.25, -0.2) is 0 Å². The number of carbonyl (C=O) groups is 1. The van der Waals surface area contributed by atoms with Crippen LogP contribution in [0.25, 0.3) is 0 Å². The highest BCUT2D eigenvalue weighted by Crippen LogP contribution is 2.10. The van der Waals surface area contributed by atoms with Crippen LogP contribution in [0.2, 0.25) is 0 Å². The van der Waals surface area contributed by atoms with Crippen LogP contribution in [0.4, 0.5) is 0 Å². The first-order valence-corrected chi connectivity index (χ1v) is 5.05. The molecule has 0 radical (unpaired) electrons. The van der Waals surface area contributed by atoms with E-state index in [1.165, 1.54) is 18.1 Å². The van der Waals surface area contributed by atoms with Crippen LogP contribution in [0.3, 0.4) is 0 Å². The third kappa shape index (κ3) is 4.13. The number of nitrogens with one attached hydrogen (secondary N) is 1. The number of amides is 1. The smallest absolute Gasteiger partial charge is 0.217 e. The van der Waals surface area contributed by atoms with Crippen molar-refractivity contribution in [3.8, 4) is 0 Å². The predicted octanol–water partition coefficient (Wildman–Crippen LogP) is 1.38. The lowest BCUT2D eigenvalue weighted by Gasteiger charge is -2.14. The van der Waals surface area contributed by atoms with Gasteiger partial charge < -0.3 is 10.2 Å². The molecule has 0 unspecified atom stereocenters. The average Bonchev–Trinajstić information content (AvgIpc) is 2.15. The molecule has 0 fully saturated rings. The van der Waals surface area contributed by atoms with Crippen LogP contribution >= 0.6 is 0 Å². The SMILES string of the molecule is CC(=O)NCc1ccccc1CN(C)C. The van der Waals surface area contributed by atoms with Gasteiger partial charge >= 0.3 is 0 Å². The molecule has 3 nitrogen and oxygen atoms in total. The van der Waals surface area contributed by atoms with E-state index in [0.29, 0.717) is 6.54 Å². The fourth-order valence-electron chi connectivity index (χ4n) is 1.44. The van der Waals surface area contributed by atoms with Gasteiger partial charge in [-0.1, -0.05) is 24.3 Å². The summed E-state index contributed by atoms with van der Waals surface area (Å²) >= 11 is 0. The van der Waals surface area contributed by atoms with Crippen LogP contribution in [-0.4, -0.2) is 24.9 Å². The van der Waals surface area contributed by atoms with Gasteiger partial charge in [0.1, 0.15) is 0 Å². The van der Waals surface area contributed by atoms with Crippen LogP contribution in [0.5, 0.6) is 0 Å². The lowest BCUT2D eigenvalue weighted by Crippen LogP contribution is -2.21. The maximum Gasteiger partial charge on any atom is 0.217 e. The Morgan fingerprint density at radius 1 is 1.27 bits per heavy atom. The van der Waals surface area contributed by atoms with Gasteiger partial charge in [0.2, 0.25) is 5.91 Å². The standard InChI is InChI=1S/C12H18N2O/c1-10(15)13-8-11-6-4-5-7-12(11)9-14(2)3/h4-7H,8-9H2,1-3H3,(H,13,15). The van der Waals surface area contributed by atoms with E-state index in [9.17, 15) is 4.79 Å². The first-order valence-electron chi connectivity index (χ1n) is 5.05. The summed E-state index contributed by atoms with van der Waals surface area (Å²) in [5.41, 5.74) is 2.44. The molecule has 15 heavy (non-hydrogen) atoms. The zero-order valence-corrected chi connectivity index (χ0v) is 9.58. The van der Waals surface area contributed by atoms with Gasteiger partial charge in [-0.05, 0) is 25.2 Å². The van der Waals surface area contributed by atoms with Crippen molar-refractivity contribution in [2.75, 3.05) is 14.1 Å². The molecule has 0 aliphatic carbocycles. The van der Waals surface area contributed by atoms with Crippen molar-refractivity contribution >= 4 is 5.91 Å². The lowest BCUT2D eigenvalue weighted by molar-refractivity contribution is -0.119. The summed E-state index contributed by atoms with van der Waals surface area (Å²) in [7, 11) is 4.07. The highest BCUT2D eigenvalue weighted by molar-refractivity contribution is 5.72. The molecule has 0 saturated heterocycles. The second kappa shape index (κ2) is 5.51. The summed E-state index contributed by atoms with van der Waals surface area (Å²) < 4.78 is 0. The Hall–Kier alpha value is -1.35. The van der Waals surface area contributed by atoms with Gasteiger partial charge in [-0.15, -0.1) is 0 Å². The molecule has 1 N–H and O–H groups in total. The first-order chi connectivity index (χ1) is 7.09. The Bertz CT molecular complexity index is 334. The van der Waals surface area contributed by atoms with Crippen molar-refractivity contribution in [2.45, 2.75) is 20.0 Å². The topological polar surface area (TPSA) is 32.3 Å². The van der Waals surface area contributed by atoms with E-state index in [1.54, 1.807) is 0 Å². The van der Waals surface area contributed by atoms with E-state index in [2.05, 4.69) is 22.3 Å². The van der Waals surface area contributed by atoms with Crippen LogP contribution in [0, 0.1) is 0 Å². The Morgan fingerprint density at radius 3 is 2.40 bits per heavy atom. The van der Waals surface area contributed by atoms with Crippen molar-refractivity contribution in [3.05, 3.63) is 35.4 Å². The summed E-state index contributed by atoms with van der Waals surface area (Å²) in [4.78, 5) is 12.9. The number of rotatable bonds is 4. The molecule has 0 atom stereocenters. The monoisotopic (exact) mass is 206 g/mol. The van der Waals surface area contributed by atoms with Crippen LogP contribution in [-0.2, 0) is 17.9 Å². The van der Waals surface area contributed by atoms with Gasteiger partial charge in [0, 0.05) is 20.0 Å². The molecule has 3 heteroatoms. The molecule has 82 valence electrons. The molecule has 0 aliphatic rings. The molecule has 0 aliphatic heterocycles. The van der Waals surface area contributed by atoms with Crippen LogP contribution in [0.1, 0.15) is 18.1 Å². The number of benzene rings is 1. The number of nitrogens with zero attached hydrogens (tertiary/aromatic N) is 1. The normalized spacial score (nSPS) is 10.4. The maximum atomic E-state index is 10.8. The van der Waals surface area contributed by atoms with Crippen molar-refractivity contribution in [3.63, 3.8) is 0 Å². The zero-order chi connectivity index (χ0) is 11.3. The minimum Gasteiger partial charge on any atom is -0.352 e. The second-order valence-electron chi connectivity index (χ2n) is 3.92. The Labute approximate surface area is 91.1 Å². The van der Waals surface area contributed by atoms with E-state index in [1.807, 2.05) is 26.2 Å². The summed E-state index contributed by atoms with van der Waals surface area (Å²) in [6.07, 6.45) is 0. The highest BCUT2D eigenvalue weighted by atomic mass is 16.1. The van der Waals surface area contributed by atoms with Crippen LogP contribution in [0.15, 0.2) is 24.3 Å². The lowest BCUT2D eigenvalue weighted by atomic mass is 10.1. The summed E-state index contributed by atoms with van der Waals surface area (Å²) in [6, 6.07) is 8.17. The van der Waals surface area contributed by atoms with Gasteiger partial charge in [0.25, 0.3) is 0 Å². The van der Waals surface area contributed by atoms with Crippen molar-refractivity contribution in [2.24, 2.45) is 0 Å². The molecular formula is C12H18N2O. The molecule has 0 bridgehead atoms. The fourth-order valence-corrected chi connectivity index (χ4v) is 1.44. The highest BCUT2D eigenvalue weighted by Gasteiger charge is 2.02. The number of carbonyl (C=O) groups excluding carboxylic acids is 1. The maximum absolute atomic E-state index is 10.8. The molecule has 0 saturated carbocycles. The van der Waals surface area contributed by atoms with Gasteiger partial charge in [-0.2, -0.15) is 0 Å². The van der Waals surface area contributed by atoms with Gasteiger partial charge in [-0.3, -0.25) is 4.79 Å². The minimum atomic E-state index is 0.00894. The minimum absolute atomic E-state index is 0.00894. The fraction of sp³-hybridized carbons (Fsp3) is 0.417. The summed E-state index contributed by atoms with van der Waals surface area (Å²) in [6.45, 7) is 3.05. The average molecular weight is 206 g/mol. The molecule has 1 rings (SSSR count). The molecule has 0 spiro atoms. The van der Waals surface area contributed by atoms with Crippen LogP contribution < -0.4 is 5.32 Å². The Balaban J connectivity index is 2.72. The third-order valence-corrected chi connectivity index (χ3v) is 2.13. The molecular weight excluding hydrogens is 188 g/mol.